The number of hydrogen-bond donors (Lipinski definition) is 1. The highest BCUT2D eigenvalue weighted by atomic mass is 16.5. The zero-order chi connectivity index (χ0) is 16.1. The van der Waals surface area contributed by atoms with E-state index < -0.39 is 0 Å². The van der Waals surface area contributed by atoms with Crippen molar-refractivity contribution in [2.24, 2.45) is 0 Å². The van der Waals surface area contributed by atoms with Gasteiger partial charge in [-0.05, 0) is 30.5 Å². The molecule has 0 spiro atoms. The van der Waals surface area contributed by atoms with Crippen LogP contribution in [0.5, 0.6) is 11.5 Å². The molecule has 2 aromatic carbocycles. The van der Waals surface area contributed by atoms with Crippen LogP contribution in [0.4, 0.5) is 0 Å². The summed E-state index contributed by atoms with van der Waals surface area (Å²) < 4.78 is 10.9. The number of amides is 1. The number of hydrogen-bond acceptors (Lipinski definition) is 3. The molecular formula is C19H21NO3. The average Bonchev–Trinajstić information content (AvgIpc) is 3.41. The van der Waals surface area contributed by atoms with Gasteiger partial charge in [0.05, 0.1) is 19.1 Å². The summed E-state index contributed by atoms with van der Waals surface area (Å²) in [4.78, 5) is 12.5. The Kier molecular flexibility index (Phi) is 4.51. The number of rotatable bonds is 7. The molecule has 1 amide bonds. The van der Waals surface area contributed by atoms with Crippen molar-refractivity contribution in [3.8, 4) is 11.5 Å². The van der Waals surface area contributed by atoms with Gasteiger partial charge in [-0.1, -0.05) is 42.5 Å². The fourth-order valence-corrected chi connectivity index (χ4v) is 2.76. The monoisotopic (exact) mass is 311 g/mol. The third-order valence-corrected chi connectivity index (χ3v) is 4.23. The molecule has 0 heterocycles. The second-order valence-electron chi connectivity index (χ2n) is 5.70. The first-order valence-electron chi connectivity index (χ1n) is 7.86. The SMILES string of the molecule is COc1ccccc1OCCNC(=O)C1(c2ccccc2)CC1. The fraction of sp³-hybridized carbons (Fsp3) is 0.316. The van der Waals surface area contributed by atoms with E-state index in [4.69, 9.17) is 9.47 Å². The van der Waals surface area contributed by atoms with Gasteiger partial charge in [-0.25, -0.2) is 0 Å². The predicted octanol–water partition coefficient (Wildman–Crippen LogP) is 2.92. The summed E-state index contributed by atoms with van der Waals surface area (Å²) in [5.41, 5.74) is 0.772. The van der Waals surface area contributed by atoms with Gasteiger partial charge in [0.1, 0.15) is 6.61 Å². The van der Waals surface area contributed by atoms with Crippen molar-refractivity contribution in [1.29, 1.82) is 0 Å². The van der Waals surface area contributed by atoms with Crippen LogP contribution in [0.3, 0.4) is 0 Å². The van der Waals surface area contributed by atoms with E-state index in [1.165, 1.54) is 0 Å². The normalized spacial score (nSPS) is 14.8. The van der Waals surface area contributed by atoms with Crippen molar-refractivity contribution in [3.05, 3.63) is 60.2 Å². The third kappa shape index (κ3) is 3.31. The molecule has 23 heavy (non-hydrogen) atoms. The van der Waals surface area contributed by atoms with E-state index in [-0.39, 0.29) is 11.3 Å². The van der Waals surface area contributed by atoms with Crippen LogP contribution in [0, 0.1) is 0 Å². The van der Waals surface area contributed by atoms with Crippen LogP contribution in [0.2, 0.25) is 0 Å². The molecule has 1 saturated carbocycles. The number of carbonyl (C=O) groups excluding carboxylic acids is 1. The summed E-state index contributed by atoms with van der Waals surface area (Å²) in [6.07, 6.45) is 1.83. The molecule has 0 unspecified atom stereocenters. The second kappa shape index (κ2) is 6.73. The lowest BCUT2D eigenvalue weighted by Gasteiger charge is -2.16. The summed E-state index contributed by atoms with van der Waals surface area (Å²) in [5.74, 6) is 1.47. The van der Waals surface area contributed by atoms with Gasteiger partial charge in [0, 0.05) is 0 Å². The van der Waals surface area contributed by atoms with Crippen molar-refractivity contribution in [3.63, 3.8) is 0 Å². The summed E-state index contributed by atoms with van der Waals surface area (Å²) in [5, 5.41) is 2.99. The van der Waals surface area contributed by atoms with Crippen molar-refractivity contribution in [2.75, 3.05) is 20.3 Å². The Morgan fingerprint density at radius 2 is 1.70 bits per heavy atom. The van der Waals surface area contributed by atoms with E-state index in [2.05, 4.69) is 5.32 Å². The molecule has 3 rings (SSSR count). The van der Waals surface area contributed by atoms with Gasteiger partial charge >= 0.3 is 0 Å². The summed E-state index contributed by atoms with van der Waals surface area (Å²) in [6.45, 7) is 0.891. The number of methoxy groups -OCH3 is 1. The smallest absolute Gasteiger partial charge is 0.230 e. The van der Waals surface area contributed by atoms with Crippen molar-refractivity contribution >= 4 is 5.91 Å². The van der Waals surface area contributed by atoms with Gasteiger partial charge in [-0.15, -0.1) is 0 Å². The third-order valence-electron chi connectivity index (χ3n) is 4.23. The molecule has 2 aromatic rings. The maximum atomic E-state index is 12.5. The Bertz CT molecular complexity index is 665. The van der Waals surface area contributed by atoms with E-state index in [1.54, 1.807) is 7.11 Å². The van der Waals surface area contributed by atoms with Gasteiger partial charge in [0.2, 0.25) is 5.91 Å². The lowest BCUT2D eigenvalue weighted by molar-refractivity contribution is -0.123. The molecule has 0 atom stereocenters. The molecule has 1 aliphatic rings. The van der Waals surface area contributed by atoms with E-state index in [1.807, 2.05) is 54.6 Å². The fourth-order valence-electron chi connectivity index (χ4n) is 2.76. The number of benzene rings is 2. The van der Waals surface area contributed by atoms with E-state index >= 15 is 0 Å². The second-order valence-corrected chi connectivity index (χ2v) is 5.70. The highest BCUT2D eigenvalue weighted by Crippen LogP contribution is 2.48. The average molecular weight is 311 g/mol. The lowest BCUT2D eigenvalue weighted by Crippen LogP contribution is -2.37. The van der Waals surface area contributed by atoms with E-state index in [0.717, 1.165) is 18.4 Å². The molecule has 4 heteroatoms. The maximum Gasteiger partial charge on any atom is 0.230 e. The Balaban J connectivity index is 1.51. The van der Waals surface area contributed by atoms with Crippen LogP contribution in [0.1, 0.15) is 18.4 Å². The number of nitrogens with one attached hydrogen (secondary N) is 1. The van der Waals surface area contributed by atoms with Crippen LogP contribution in [0.15, 0.2) is 54.6 Å². The molecule has 0 aliphatic heterocycles. The minimum absolute atomic E-state index is 0.0901. The predicted molar refractivity (Wildman–Crippen MR) is 88.9 cm³/mol. The molecule has 1 fully saturated rings. The minimum atomic E-state index is -0.328. The van der Waals surface area contributed by atoms with E-state index in [9.17, 15) is 4.79 Å². The zero-order valence-electron chi connectivity index (χ0n) is 13.2. The van der Waals surface area contributed by atoms with Gasteiger partial charge in [-0.2, -0.15) is 0 Å². The molecule has 120 valence electrons. The van der Waals surface area contributed by atoms with Crippen LogP contribution >= 0.6 is 0 Å². The van der Waals surface area contributed by atoms with Crippen LogP contribution in [0.25, 0.3) is 0 Å². The zero-order valence-corrected chi connectivity index (χ0v) is 13.2. The minimum Gasteiger partial charge on any atom is -0.493 e. The van der Waals surface area contributed by atoms with Gasteiger partial charge in [0.15, 0.2) is 11.5 Å². The molecule has 1 N–H and O–H groups in total. The van der Waals surface area contributed by atoms with Crippen LogP contribution < -0.4 is 14.8 Å². The first-order chi connectivity index (χ1) is 11.3. The van der Waals surface area contributed by atoms with Crippen LogP contribution in [-0.2, 0) is 10.2 Å². The molecule has 0 saturated heterocycles. The van der Waals surface area contributed by atoms with E-state index in [0.29, 0.717) is 24.7 Å². The number of carbonyl (C=O) groups is 1. The number of para-hydroxylation sites is 2. The Morgan fingerprint density at radius 3 is 2.35 bits per heavy atom. The maximum absolute atomic E-state index is 12.5. The summed E-state index contributed by atoms with van der Waals surface area (Å²) >= 11 is 0. The van der Waals surface area contributed by atoms with Crippen molar-refractivity contribution in [2.45, 2.75) is 18.3 Å². The Labute approximate surface area is 136 Å². The highest BCUT2D eigenvalue weighted by Gasteiger charge is 2.50. The number of ether oxygens (including phenoxy) is 2. The lowest BCUT2D eigenvalue weighted by atomic mass is 9.95. The van der Waals surface area contributed by atoms with Crippen molar-refractivity contribution in [1.82, 2.24) is 5.32 Å². The topological polar surface area (TPSA) is 47.6 Å². The molecule has 0 aromatic heterocycles. The quantitative estimate of drug-likeness (QED) is 0.800. The largest absolute Gasteiger partial charge is 0.493 e. The standard InChI is InChI=1S/C19H21NO3/c1-22-16-9-5-6-10-17(16)23-14-13-20-18(21)19(11-12-19)15-7-3-2-4-8-15/h2-10H,11-14H2,1H3,(H,20,21). The Morgan fingerprint density at radius 1 is 1.04 bits per heavy atom. The molecule has 0 bridgehead atoms. The molecule has 1 aliphatic carbocycles. The first kappa shape index (κ1) is 15.4. The highest BCUT2D eigenvalue weighted by molar-refractivity contribution is 5.91. The van der Waals surface area contributed by atoms with Crippen LogP contribution in [-0.4, -0.2) is 26.2 Å². The van der Waals surface area contributed by atoms with Gasteiger partial charge in [0.25, 0.3) is 0 Å². The molecular weight excluding hydrogens is 290 g/mol. The summed E-state index contributed by atoms with van der Waals surface area (Å²) in [7, 11) is 1.61. The van der Waals surface area contributed by atoms with Gasteiger partial charge in [-0.3, -0.25) is 4.79 Å². The van der Waals surface area contributed by atoms with Gasteiger partial charge < -0.3 is 14.8 Å². The Hall–Kier alpha value is -2.49. The van der Waals surface area contributed by atoms with Crippen molar-refractivity contribution < 1.29 is 14.3 Å². The summed E-state index contributed by atoms with van der Waals surface area (Å²) in [6, 6.07) is 17.5. The first-order valence-corrected chi connectivity index (χ1v) is 7.86. The molecule has 4 nitrogen and oxygen atoms in total. The molecule has 0 radical (unpaired) electrons.